The second kappa shape index (κ2) is 9.62. The van der Waals surface area contributed by atoms with Crippen LogP contribution in [-0.2, 0) is 6.42 Å². The molecule has 1 spiro atoms. The van der Waals surface area contributed by atoms with Gasteiger partial charge in [-0.25, -0.2) is 4.98 Å². The van der Waals surface area contributed by atoms with Crippen LogP contribution in [0.2, 0.25) is 0 Å². The normalized spacial score (nSPS) is 20.8. The number of nitrogens with one attached hydrogen (secondary N) is 1. The van der Waals surface area contributed by atoms with E-state index in [1.807, 2.05) is 7.05 Å². The highest BCUT2D eigenvalue weighted by Crippen LogP contribution is 2.42. The summed E-state index contributed by atoms with van der Waals surface area (Å²) in [4.78, 5) is 11.5. The zero-order chi connectivity index (χ0) is 16.1. The summed E-state index contributed by atoms with van der Waals surface area (Å²) in [6.07, 6.45) is 7.94. The van der Waals surface area contributed by atoms with Crippen LogP contribution in [0, 0.1) is 6.92 Å². The van der Waals surface area contributed by atoms with E-state index in [0.717, 1.165) is 37.0 Å². The number of thiazole rings is 1. The Morgan fingerprint density at radius 1 is 1.38 bits per heavy atom. The molecule has 2 heterocycles. The minimum absolute atomic E-state index is 0. The Bertz CT molecular complexity index is 535. The lowest BCUT2D eigenvalue weighted by Gasteiger charge is -2.45. The summed E-state index contributed by atoms with van der Waals surface area (Å²) in [7, 11) is 1.91. The maximum Gasteiger partial charge on any atom is 0.193 e. The largest absolute Gasteiger partial charge is 0.356 e. The van der Waals surface area contributed by atoms with Gasteiger partial charge >= 0.3 is 0 Å². The summed E-state index contributed by atoms with van der Waals surface area (Å²) in [6.45, 7) is 5.25. The Hall–Kier alpha value is -0.0200. The van der Waals surface area contributed by atoms with Crippen molar-refractivity contribution in [1.82, 2.24) is 15.2 Å². The number of rotatable bonds is 3. The molecule has 2 aliphatic rings. The number of hydrogen-bond donors (Lipinski definition) is 1. The van der Waals surface area contributed by atoms with Crippen LogP contribution in [0.25, 0.3) is 0 Å². The van der Waals surface area contributed by atoms with Gasteiger partial charge in [0.15, 0.2) is 5.96 Å². The fourth-order valence-corrected chi connectivity index (χ4v) is 5.90. The topological polar surface area (TPSA) is 40.5 Å². The Morgan fingerprint density at radius 3 is 2.83 bits per heavy atom. The van der Waals surface area contributed by atoms with Crippen molar-refractivity contribution in [2.75, 3.05) is 32.4 Å². The number of hydrogen-bond acceptors (Lipinski definition) is 4. The van der Waals surface area contributed by atoms with Gasteiger partial charge in [-0.3, -0.25) is 4.99 Å². The van der Waals surface area contributed by atoms with E-state index in [9.17, 15) is 0 Å². The zero-order valence-electron chi connectivity index (χ0n) is 14.7. The molecule has 24 heavy (non-hydrogen) atoms. The van der Waals surface area contributed by atoms with Gasteiger partial charge in [0.2, 0.25) is 0 Å². The van der Waals surface area contributed by atoms with Gasteiger partial charge in [-0.05, 0) is 19.8 Å². The van der Waals surface area contributed by atoms with E-state index in [4.69, 9.17) is 0 Å². The number of aryl methyl sites for hydroxylation is 1. The SMILES string of the molecule is CN=C(NCCc1csc(C)n1)N1CCSC2(CCCCC2)C1.I. The lowest BCUT2D eigenvalue weighted by Crippen LogP contribution is -2.53. The number of halogens is 1. The molecule has 1 saturated heterocycles. The standard InChI is InChI=1S/C17H28N4S2.HI/c1-14-20-15(12-22-14)6-9-19-16(18-2)21-10-11-23-17(13-21)7-4-3-5-8-17;/h12H,3-11,13H2,1-2H3,(H,18,19);1H. The molecule has 1 aromatic rings. The van der Waals surface area contributed by atoms with E-state index in [-0.39, 0.29) is 24.0 Å². The van der Waals surface area contributed by atoms with E-state index in [0.29, 0.717) is 4.75 Å². The zero-order valence-corrected chi connectivity index (χ0v) is 18.7. The number of nitrogens with zero attached hydrogens (tertiary/aromatic N) is 3. The van der Waals surface area contributed by atoms with Crippen LogP contribution in [0.4, 0.5) is 0 Å². The minimum Gasteiger partial charge on any atom is -0.356 e. The first-order chi connectivity index (χ1) is 11.2. The Labute approximate surface area is 171 Å². The van der Waals surface area contributed by atoms with Gasteiger partial charge in [0.05, 0.1) is 10.7 Å². The first-order valence-electron chi connectivity index (χ1n) is 8.71. The molecule has 0 atom stereocenters. The van der Waals surface area contributed by atoms with Gasteiger partial charge in [-0.15, -0.1) is 35.3 Å². The molecule has 1 saturated carbocycles. The molecule has 0 bridgehead atoms. The highest BCUT2D eigenvalue weighted by molar-refractivity contribution is 14.0. The fraction of sp³-hybridized carbons (Fsp3) is 0.765. The van der Waals surface area contributed by atoms with Crippen LogP contribution in [0.1, 0.15) is 42.8 Å². The average Bonchev–Trinajstić information content (AvgIpc) is 2.98. The third kappa shape index (κ3) is 5.24. The molecule has 2 fully saturated rings. The molecule has 0 radical (unpaired) electrons. The third-order valence-corrected chi connectivity index (χ3v) is 7.21. The smallest absolute Gasteiger partial charge is 0.193 e. The first kappa shape index (κ1) is 20.3. The van der Waals surface area contributed by atoms with Gasteiger partial charge in [-0.1, -0.05) is 19.3 Å². The average molecular weight is 480 g/mol. The third-order valence-electron chi connectivity index (χ3n) is 4.86. The van der Waals surface area contributed by atoms with E-state index >= 15 is 0 Å². The Balaban J connectivity index is 0.00000208. The molecule has 7 heteroatoms. The molecular formula is C17H29IN4S2. The van der Waals surface area contributed by atoms with Crippen molar-refractivity contribution in [2.45, 2.75) is 50.2 Å². The fourth-order valence-electron chi connectivity index (χ4n) is 3.68. The van der Waals surface area contributed by atoms with Gasteiger partial charge in [0.25, 0.3) is 0 Å². The maximum atomic E-state index is 4.54. The van der Waals surface area contributed by atoms with Crippen LogP contribution < -0.4 is 5.32 Å². The summed E-state index contributed by atoms with van der Waals surface area (Å²) < 4.78 is 0.486. The maximum absolute atomic E-state index is 4.54. The molecular weight excluding hydrogens is 451 g/mol. The molecule has 3 rings (SSSR count). The monoisotopic (exact) mass is 480 g/mol. The van der Waals surface area contributed by atoms with Crippen molar-refractivity contribution in [3.8, 4) is 0 Å². The van der Waals surface area contributed by atoms with E-state index in [1.165, 1.54) is 43.6 Å². The first-order valence-corrected chi connectivity index (χ1v) is 10.6. The number of thioether (sulfide) groups is 1. The van der Waals surface area contributed by atoms with Crippen molar-refractivity contribution >= 4 is 53.0 Å². The molecule has 0 amide bonds. The van der Waals surface area contributed by atoms with Gasteiger partial charge in [0.1, 0.15) is 0 Å². The molecule has 0 unspecified atom stereocenters. The Morgan fingerprint density at radius 2 is 2.17 bits per heavy atom. The molecule has 0 aromatic carbocycles. The molecule has 136 valence electrons. The highest BCUT2D eigenvalue weighted by atomic mass is 127. The van der Waals surface area contributed by atoms with Gasteiger partial charge < -0.3 is 10.2 Å². The van der Waals surface area contributed by atoms with E-state index in [1.54, 1.807) is 11.3 Å². The lowest BCUT2D eigenvalue weighted by molar-refractivity contribution is 0.293. The summed E-state index contributed by atoms with van der Waals surface area (Å²) >= 11 is 3.94. The van der Waals surface area contributed by atoms with Crippen molar-refractivity contribution in [3.63, 3.8) is 0 Å². The van der Waals surface area contributed by atoms with E-state index < -0.39 is 0 Å². The van der Waals surface area contributed by atoms with Crippen molar-refractivity contribution in [1.29, 1.82) is 0 Å². The van der Waals surface area contributed by atoms with Gasteiger partial charge in [0, 0.05) is 49.0 Å². The quantitative estimate of drug-likeness (QED) is 0.404. The Kier molecular flexibility index (Phi) is 8.13. The molecule has 4 nitrogen and oxygen atoms in total. The summed E-state index contributed by atoms with van der Waals surface area (Å²) in [6, 6.07) is 0. The van der Waals surface area contributed by atoms with Crippen LogP contribution in [0.15, 0.2) is 10.4 Å². The van der Waals surface area contributed by atoms with Crippen molar-refractivity contribution in [2.24, 2.45) is 4.99 Å². The highest BCUT2D eigenvalue weighted by Gasteiger charge is 2.38. The summed E-state index contributed by atoms with van der Waals surface area (Å²) in [5.74, 6) is 2.30. The summed E-state index contributed by atoms with van der Waals surface area (Å²) in [5.41, 5.74) is 1.19. The van der Waals surface area contributed by atoms with Crippen LogP contribution in [0.3, 0.4) is 0 Å². The van der Waals surface area contributed by atoms with Crippen molar-refractivity contribution < 1.29 is 0 Å². The van der Waals surface area contributed by atoms with Crippen LogP contribution in [-0.4, -0.2) is 53.0 Å². The van der Waals surface area contributed by atoms with E-state index in [2.05, 4.69) is 44.3 Å². The molecule has 1 aliphatic heterocycles. The van der Waals surface area contributed by atoms with Crippen LogP contribution in [0.5, 0.6) is 0 Å². The van der Waals surface area contributed by atoms with Crippen molar-refractivity contribution in [3.05, 3.63) is 16.1 Å². The molecule has 1 aliphatic carbocycles. The number of aromatic nitrogens is 1. The van der Waals surface area contributed by atoms with Crippen LogP contribution >= 0.6 is 47.1 Å². The number of aliphatic imine (C=N–C) groups is 1. The predicted octanol–water partition coefficient (Wildman–Crippen LogP) is 3.94. The lowest BCUT2D eigenvalue weighted by atomic mass is 9.87. The molecule has 1 N–H and O–H groups in total. The second-order valence-corrected chi connectivity index (χ2v) is 9.22. The summed E-state index contributed by atoms with van der Waals surface area (Å²) in [5, 5.41) is 6.86. The second-order valence-electron chi connectivity index (χ2n) is 6.60. The minimum atomic E-state index is 0. The number of guanidine groups is 1. The van der Waals surface area contributed by atoms with Gasteiger partial charge in [-0.2, -0.15) is 11.8 Å². The predicted molar refractivity (Wildman–Crippen MR) is 117 cm³/mol. The molecule has 1 aromatic heterocycles.